The van der Waals surface area contributed by atoms with Crippen molar-refractivity contribution in [1.29, 1.82) is 0 Å². The molecule has 0 aromatic carbocycles. The van der Waals surface area contributed by atoms with Crippen LogP contribution in [-0.4, -0.2) is 35.0 Å². The Balaban J connectivity index is 1.45. The lowest BCUT2D eigenvalue weighted by molar-refractivity contribution is -0.151. The second-order valence-electron chi connectivity index (χ2n) is 8.24. The highest BCUT2D eigenvalue weighted by Gasteiger charge is 2.69. The molecule has 0 bridgehead atoms. The van der Waals surface area contributed by atoms with Gasteiger partial charge in [0.05, 0.1) is 29.3 Å². The van der Waals surface area contributed by atoms with E-state index >= 15 is 0 Å². The molecule has 0 aromatic rings. The van der Waals surface area contributed by atoms with Gasteiger partial charge in [-0.15, -0.1) is 0 Å². The van der Waals surface area contributed by atoms with Gasteiger partial charge in [0.2, 0.25) is 0 Å². The third kappa shape index (κ3) is 2.14. The van der Waals surface area contributed by atoms with E-state index in [0.717, 1.165) is 44.9 Å². The van der Waals surface area contributed by atoms with E-state index in [4.69, 9.17) is 9.47 Å². The molecule has 2 aliphatic carbocycles. The molecule has 7 atom stereocenters. The zero-order valence-electron chi connectivity index (χ0n) is 13.7. The van der Waals surface area contributed by atoms with E-state index in [-0.39, 0.29) is 11.7 Å². The number of aliphatic carboxylic acids is 1. The monoisotopic (exact) mass is 308 g/mol. The predicted octanol–water partition coefficient (Wildman–Crippen LogP) is 3.38. The lowest BCUT2D eigenvalue weighted by atomic mass is 9.63. The van der Waals surface area contributed by atoms with Crippen LogP contribution in [0.2, 0.25) is 0 Å². The van der Waals surface area contributed by atoms with Crippen molar-refractivity contribution in [3.8, 4) is 0 Å². The number of hydrogen-bond acceptors (Lipinski definition) is 3. The molecule has 22 heavy (non-hydrogen) atoms. The van der Waals surface area contributed by atoms with Gasteiger partial charge in [-0.25, -0.2) is 0 Å². The molecule has 2 aliphatic heterocycles. The predicted molar refractivity (Wildman–Crippen MR) is 81.6 cm³/mol. The Labute approximate surface area is 132 Å². The highest BCUT2D eigenvalue weighted by molar-refractivity contribution is 5.75. The molecule has 2 heterocycles. The fraction of sp³-hybridized carbons (Fsp3) is 0.944. The fourth-order valence-electron chi connectivity index (χ4n) is 5.37. The summed E-state index contributed by atoms with van der Waals surface area (Å²) < 4.78 is 11.9. The average Bonchev–Trinajstić information content (AvgIpc) is 3.37. The minimum absolute atomic E-state index is 0.00363. The van der Waals surface area contributed by atoms with E-state index < -0.39 is 11.4 Å². The molecule has 4 nitrogen and oxygen atoms in total. The Morgan fingerprint density at radius 3 is 2.77 bits per heavy atom. The van der Waals surface area contributed by atoms with Crippen LogP contribution < -0.4 is 0 Å². The Hall–Kier alpha value is -0.610. The average molecular weight is 308 g/mol. The van der Waals surface area contributed by atoms with Crippen molar-refractivity contribution in [2.45, 2.75) is 89.1 Å². The van der Waals surface area contributed by atoms with Gasteiger partial charge in [-0.2, -0.15) is 0 Å². The summed E-state index contributed by atoms with van der Waals surface area (Å²) in [5.74, 6) is 0.607. The first-order valence-electron chi connectivity index (χ1n) is 9.07. The highest BCUT2D eigenvalue weighted by Crippen LogP contribution is 2.63. The molecule has 124 valence electrons. The van der Waals surface area contributed by atoms with Crippen LogP contribution in [0.5, 0.6) is 0 Å². The fourth-order valence-corrected chi connectivity index (χ4v) is 5.37. The molecule has 0 amide bonds. The molecular formula is C18H28O4. The van der Waals surface area contributed by atoms with Crippen molar-refractivity contribution in [3.63, 3.8) is 0 Å². The lowest BCUT2D eigenvalue weighted by Crippen LogP contribution is -2.43. The summed E-state index contributed by atoms with van der Waals surface area (Å²) in [7, 11) is 0. The topological polar surface area (TPSA) is 62.4 Å². The molecule has 0 radical (unpaired) electrons. The molecule has 4 rings (SSSR count). The van der Waals surface area contributed by atoms with Crippen LogP contribution >= 0.6 is 0 Å². The zero-order valence-corrected chi connectivity index (χ0v) is 13.7. The molecule has 1 N–H and O–H groups in total. The van der Waals surface area contributed by atoms with Crippen molar-refractivity contribution in [2.75, 3.05) is 0 Å². The summed E-state index contributed by atoms with van der Waals surface area (Å²) in [6, 6.07) is 0. The van der Waals surface area contributed by atoms with Crippen molar-refractivity contribution in [1.82, 2.24) is 0 Å². The van der Waals surface area contributed by atoms with E-state index in [1.54, 1.807) is 0 Å². The lowest BCUT2D eigenvalue weighted by Gasteiger charge is -2.38. The maximum atomic E-state index is 11.9. The maximum absolute atomic E-state index is 11.9. The van der Waals surface area contributed by atoms with Crippen LogP contribution in [0, 0.1) is 17.3 Å². The largest absolute Gasteiger partial charge is 0.481 e. The van der Waals surface area contributed by atoms with E-state index in [2.05, 4.69) is 13.8 Å². The molecule has 4 heteroatoms. The van der Waals surface area contributed by atoms with Gasteiger partial charge in [0.15, 0.2) is 0 Å². The Morgan fingerprint density at radius 1 is 1.32 bits per heavy atom. The maximum Gasteiger partial charge on any atom is 0.309 e. The van der Waals surface area contributed by atoms with E-state index in [0.29, 0.717) is 24.0 Å². The number of unbranched alkanes of at least 4 members (excludes halogenated alkanes) is 1. The van der Waals surface area contributed by atoms with Crippen LogP contribution in [0.3, 0.4) is 0 Å². The number of ether oxygens (including phenoxy) is 2. The first-order chi connectivity index (χ1) is 10.5. The van der Waals surface area contributed by atoms with Gasteiger partial charge in [-0.05, 0) is 50.4 Å². The SMILES string of the molecule is CCCCC1(C(=O)O)CCC2(C3CC(C)C4OC4C3)OC2C1. The summed E-state index contributed by atoms with van der Waals surface area (Å²) in [5, 5.41) is 9.76. The van der Waals surface area contributed by atoms with Crippen LogP contribution in [0.15, 0.2) is 0 Å². The normalized spacial score (nSPS) is 52.5. The summed E-state index contributed by atoms with van der Waals surface area (Å²) in [5.41, 5.74) is -0.532. The second-order valence-corrected chi connectivity index (χ2v) is 8.24. The number of carboxylic acid groups (broad SMARTS) is 1. The molecule has 2 saturated heterocycles. The number of epoxide rings is 2. The molecule has 4 fully saturated rings. The van der Waals surface area contributed by atoms with E-state index in [1.165, 1.54) is 6.42 Å². The van der Waals surface area contributed by atoms with Gasteiger partial charge in [0, 0.05) is 0 Å². The Kier molecular flexibility index (Phi) is 3.36. The smallest absolute Gasteiger partial charge is 0.309 e. The molecule has 0 spiro atoms. The van der Waals surface area contributed by atoms with E-state index in [1.807, 2.05) is 0 Å². The van der Waals surface area contributed by atoms with Gasteiger partial charge >= 0.3 is 5.97 Å². The Morgan fingerprint density at radius 2 is 2.14 bits per heavy atom. The summed E-state index contributed by atoms with van der Waals surface area (Å²) >= 11 is 0. The number of carboxylic acids is 1. The summed E-state index contributed by atoms with van der Waals surface area (Å²) in [4.78, 5) is 11.9. The Bertz CT molecular complexity index is 478. The van der Waals surface area contributed by atoms with Gasteiger partial charge in [-0.1, -0.05) is 26.7 Å². The minimum atomic E-state index is -0.604. The second kappa shape index (κ2) is 4.94. The molecule has 2 saturated carbocycles. The molecule has 4 aliphatic rings. The van der Waals surface area contributed by atoms with Crippen molar-refractivity contribution >= 4 is 5.97 Å². The number of hydrogen-bond donors (Lipinski definition) is 1. The van der Waals surface area contributed by atoms with Crippen LogP contribution in [0.1, 0.15) is 65.2 Å². The van der Waals surface area contributed by atoms with Crippen molar-refractivity contribution in [3.05, 3.63) is 0 Å². The summed E-state index contributed by atoms with van der Waals surface area (Å²) in [6.45, 7) is 4.42. The number of fused-ring (bicyclic) bond motifs is 2. The minimum Gasteiger partial charge on any atom is -0.481 e. The quantitative estimate of drug-likeness (QED) is 0.791. The standard InChI is InChI=1S/C18H28O4/c1-3-4-5-17(16(19)20)6-7-18(14(10-17)22-18)12-8-11(2)15-13(9-12)21-15/h11-15H,3-10H2,1-2H3,(H,19,20). The molecule has 7 unspecified atom stereocenters. The third-order valence-corrected chi connectivity index (χ3v) is 6.93. The van der Waals surface area contributed by atoms with Crippen molar-refractivity contribution < 1.29 is 19.4 Å². The third-order valence-electron chi connectivity index (χ3n) is 6.93. The van der Waals surface area contributed by atoms with Gasteiger partial charge in [0.25, 0.3) is 0 Å². The number of rotatable bonds is 5. The first kappa shape index (κ1) is 14.9. The van der Waals surface area contributed by atoms with Gasteiger partial charge in [0.1, 0.15) is 0 Å². The highest BCUT2D eigenvalue weighted by atomic mass is 16.6. The zero-order chi connectivity index (χ0) is 15.5. The van der Waals surface area contributed by atoms with Crippen LogP contribution in [0.4, 0.5) is 0 Å². The van der Waals surface area contributed by atoms with Gasteiger partial charge in [-0.3, -0.25) is 4.79 Å². The van der Waals surface area contributed by atoms with Crippen molar-refractivity contribution in [2.24, 2.45) is 17.3 Å². The van der Waals surface area contributed by atoms with Crippen LogP contribution in [-0.2, 0) is 14.3 Å². The molecule has 0 aromatic heterocycles. The van der Waals surface area contributed by atoms with E-state index in [9.17, 15) is 9.90 Å². The van der Waals surface area contributed by atoms with Crippen LogP contribution in [0.25, 0.3) is 0 Å². The number of carbonyl (C=O) groups is 1. The van der Waals surface area contributed by atoms with Gasteiger partial charge < -0.3 is 14.6 Å². The summed E-state index contributed by atoms with van der Waals surface area (Å²) in [6.07, 6.45) is 8.77. The molecular weight excluding hydrogens is 280 g/mol. The first-order valence-corrected chi connectivity index (χ1v) is 9.07.